The van der Waals surface area contributed by atoms with E-state index in [2.05, 4.69) is 71.7 Å². The second kappa shape index (κ2) is 8.69. The summed E-state index contributed by atoms with van der Waals surface area (Å²) in [6.45, 7) is 8.37. The molecule has 2 atom stereocenters. The fourth-order valence-electron chi connectivity index (χ4n) is 4.92. The van der Waals surface area contributed by atoms with E-state index in [4.69, 9.17) is 12.2 Å². The van der Waals surface area contributed by atoms with E-state index in [9.17, 15) is 4.39 Å². The monoisotopic (exact) mass is 470 g/mol. The molecule has 0 radical (unpaired) electrons. The van der Waals surface area contributed by atoms with Gasteiger partial charge in [-0.05, 0) is 105 Å². The summed E-state index contributed by atoms with van der Waals surface area (Å²) in [5.74, 6) is -0.251. The van der Waals surface area contributed by atoms with Crippen LogP contribution < -0.4 is 10.2 Å². The highest BCUT2D eigenvalue weighted by Gasteiger charge is 2.42. The zero-order valence-corrected chi connectivity index (χ0v) is 20.5. The molecule has 1 N–H and O–H groups in total. The van der Waals surface area contributed by atoms with E-state index in [0.29, 0.717) is 5.11 Å². The van der Waals surface area contributed by atoms with Crippen LogP contribution in [0.2, 0.25) is 0 Å². The first kappa shape index (κ1) is 22.3. The summed E-state index contributed by atoms with van der Waals surface area (Å²) in [4.78, 5) is 6.85. The summed E-state index contributed by atoms with van der Waals surface area (Å²) in [6, 6.07) is 21.0. The molecule has 6 heteroatoms. The lowest BCUT2D eigenvalue weighted by atomic mass is 9.96. The molecule has 3 heterocycles. The van der Waals surface area contributed by atoms with Crippen LogP contribution >= 0.6 is 12.2 Å². The van der Waals surface area contributed by atoms with Crippen molar-refractivity contribution in [3.05, 3.63) is 113 Å². The predicted molar refractivity (Wildman–Crippen MR) is 139 cm³/mol. The van der Waals surface area contributed by atoms with Crippen molar-refractivity contribution in [2.45, 2.75) is 39.8 Å². The molecule has 2 aromatic carbocycles. The summed E-state index contributed by atoms with van der Waals surface area (Å²) in [5.41, 5.74) is 8.45. The average molecular weight is 471 g/mol. The number of rotatable bonds is 4. The SMILES string of the molecule is Cc1ccc(N2C(=S)N[C@@H](c3ccccn3)[C@H]2c2cc(C)n(-c3cccc(F)c3)c2C)cc1C. The van der Waals surface area contributed by atoms with Crippen molar-refractivity contribution in [1.82, 2.24) is 14.9 Å². The maximum Gasteiger partial charge on any atom is 0.174 e. The molecule has 1 aliphatic rings. The highest BCUT2D eigenvalue weighted by molar-refractivity contribution is 7.80. The Morgan fingerprint density at radius 1 is 0.882 bits per heavy atom. The van der Waals surface area contributed by atoms with Gasteiger partial charge in [0.1, 0.15) is 5.82 Å². The van der Waals surface area contributed by atoms with Crippen LogP contribution in [0.15, 0.2) is 72.9 Å². The lowest BCUT2D eigenvalue weighted by Crippen LogP contribution is -2.29. The fourth-order valence-corrected chi connectivity index (χ4v) is 5.27. The summed E-state index contributed by atoms with van der Waals surface area (Å²) in [5, 5.41) is 4.20. The van der Waals surface area contributed by atoms with E-state index in [1.54, 1.807) is 12.1 Å². The Morgan fingerprint density at radius 2 is 1.71 bits per heavy atom. The van der Waals surface area contributed by atoms with E-state index in [1.165, 1.54) is 17.2 Å². The molecule has 34 heavy (non-hydrogen) atoms. The third-order valence-corrected chi connectivity index (χ3v) is 7.04. The molecule has 0 aliphatic carbocycles. The van der Waals surface area contributed by atoms with Crippen molar-refractivity contribution >= 4 is 23.0 Å². The van der Waals surface area contributed by atoms with Gasteiger partial charge in [0.25, 0.3) is 0 Å². The molecule has 0 amide bonds. The van der Waals surface area contributed by atoms with Gasteiger partial charge >= 0.3 is 0 Å². The van der Waals surface area contributed by atoms with Gasteiger partial charge in [0.15, 0.2) is 5.11 Å². The summed E-state index contributed by atoms with van der Waals surface area (Å²) in [6.07, 6.45) is 1.81. The lowest BCUT2D eigenvalue weighted by Gasteiger charge is -2.28. The number of aromatic nitrogens is 2. The minimum absolute atomic E-state index is 0.113. The second-order valence-corrected chi connectivity index (χ2v) is 9.29. The maximum absolute atomic E-state index is 14.1. The van der Waals surface area contributed by atoms with E-state index in [-0.39, 0.29) is 17.9 Å². The number of halogens is 1. The fraction of sp³-hybridized carbons (Fsp3) is 0.214. The lowest BCUT2D eigenvalue weighted by molar-refractivity contribution is 0.565. The molecule has 4 nitrogen and oxygen atoms in total. The molecule has 4 aromatic rings. The van der Waals surface area contributed by atoms with Crippen LogP contribution in [0.1, 0.15) is 45.9 Å². The Labute approximate surface area is 205 Å². The smallest absolute Gasteiger partial charge is 0.174 e. The number of nitrogens with one attached hydrogen (secondary N) is 1. The van der Waals surface area contributed by atoms with E-state index < -0.39 is 0 Å². The molecular weight excluding hydrogens is 443 g/mol. The Morgan fingerprint density at radius 3 is 2.41 bits per heavy atom. The van der Waals surface area contributed by atoms with Crippen molar-refractivity contribution < 1.29 is 4.39 Å². The van der Waals surface area contributed by atoms with E-state index in [0.717, 1.165) is 34.0 Å². The van der Waals surface area contributed by atoms with Crippen LogP contribution in [0, 0.1) is 33.5 Å². The summed E-state index contributed by atoms with van der Waals surface area (Å²) < 4.78 is 16.2. The number of hydrogen-bond acceptors (Lipinski definition) is 2. The van der Waals surface area contributed by atoms with Gasteiger partial charge in [-0.25, -0.2) is 4.39 Å². The molecule has 0 unspecified atom stereocenters. The van der Waals surface area contributed by atoms with Crippen LogP contribution in [0.3, 0.4) is 0 Å². The highest BCUT2D eigenvalue weighted by atomic mass is 32.1. The molecule has 1 aliphatic heterocycles. The van der Waals surface area contributed by atoms with Crippen molar-refractivity contribution in [3.63, 3.8) is 0 Å². The van der Waals surface area contributed by atoms with Crippen LogP contribution in [0.4, 0.5) is 10.1 Å². The number of nitrogens with zero attached hydrogens (tertiary/aromatic N) is 3. The normalized spacial score (nSPS) is 17.8. The van der Waals surface area contributed by atoms with E-state index in [1.807, 2.05) is 30.5 Å². The average Bonchev–Trinajstić information content (AvgIpc) is 3.31. The van der Waals surface area contributed by atoms with Gasteiger partial charge in [0.05, 0.1) is 17.8 Å². The van der Waals surface area contributed by atoms with Gasteiger partial charge in [-0.15, -0.1) is 0 Å². The number of thiocarbonyl (C=S) groups is 1. The number of hydrogen-bond donors (Lipinski definition) is 1. The maximum atomic E-state index is 14.1. The Balaban J connectivity index is 1.69. The topological polar surface area (TPSA) is 33.1 Å². The molecule has 5 rings (SSSR count). The molecule has 0 spiro atoms. The van der Waals surface area contributed by atoms with Crippen molar-refractivity contribution in [2.24, 2.45) is 0 Å². The standard InChI is InChI=1S/C28H27FN4S/c1-17-11-12-23(14-18(17)2)33-27(26(31-28(33)34)25-10-5-6-13-30-25)24-15-19(3)32(20(24)4)22-9-7-8-21(29)16-22/h5-16,26-27H,1-4H3,(H,31,34)/t26-,27+/m0/s1. The molecular formula is C28H27FN4S. The largest absolute Gasteiger partial charge is 0.351 e. The first-order valence-electron chi connectivity index (χ1n) is 11.4. The van der Waals surface area contributed by atoms with Crippen molar-refractivity contribution in [2.75, 3.05) is 4.90 Å². The Hall–Kier alpha value is -3.51. The molecule has 2 aromatic heterocycles. The third kappa shape index (κ3) is 3.78. The second-order valence-electron chi connectivity index (χ2n) is 8.91. The zero-order chi connectivity index (χ0) is 24.0. The van der Waals surface area contributed by atoms with Gasteiger partial charge < -0.3 is 14.8 Å². The quantitative estimate of drug-likeness (QED) is 0.349. The van der Waals surface area contributed by atoms with Gasteiger partial charge in [-0.3, -0.25) is 4.98 Å². The van der Waals surface area contributed by atoms with E-state index >= 15 is 0 Å². The number of aryl methyl sites for hydroxylation is 3. The van der Waals surface area contributed by atoms with Crippen LogP contribution in [-0.4, -0.2) is 14.7 Å². The van der Waals surface area contributed by atoms with Gasteiger partial charge in [-0.2, -0.15) is 0 Å². The summed E-state index contributed by atoms with van der Waals surface area (Å²) in [7, 11) is 0. The third-order valence-electron chi connectivity index (χ3n) is 6.72. The summed E-state index contributed by atoms with van der Waals surface area (Å²) >= 11 is 5.88. The first-order chi connectivity index (χ1) is 16.3. The molecule has 1 saturated heterocycles. The Kier molecular flexibility index (Phi) is 5.70. The van der Waals surface area contributed by atoms with Crippen LogP contribution in [0.25, 0.3) is 5.69 Å². The van der Waals surface area contributed by atoms with Crippen molar-refractivity contribution in [1.29, 1.82) is 0 Å². The number of pyridine rings is 1. The number of benzene rings is 2. The van der Waals surface area contributed by atoms with Gasteiger partial charge in [-0.1, -0.05) is 18.2 Å². The first-order valence-corrected chi connectivity index (χ1v) is 11.8. The van der Waals surface area contributed by atoms with Crippen LogP contribution in [-0.2, 0) is 0 Å². The molecule has 1 fully saturated rings. The molecule has 0 bridgehead atoms. The Bertz CT molecular complexity index is 1380. The van der Waals surface area contributed by atoms with Gasteiger partial charge in [0.2, 0.25) is 0 Å². The predicted octanol–water partition coefficient (Wildman–Crippen LogP) is 6.42. The highest BCUT2D eigenvalue weighted by Crippen LogP contribution is 2.44. The minimum Gasteiger partial charge on any atom is -0.351 e. The van der Waals surface area contributed by atoms with Gasteiger partial charge in [0, 0.05) is 29.0 Å². The number of anilines is 1. The molecule has 172 valence electrons. The molecule has 0 saturated carbocycles. The van der Waals surface area contributed by atoms with Crippen molar-refractivity contribution in [3.8, 4) is 5.69 Å². The minimum atomic E-state index is -0.251. The zero-order valence-electron chi connectivity index (χ0n) is 19.7. The van der Waals surface area contributed by atoms with Crippen LogP contribution in [0.5, 0.6) is 0 Å².